The monoisotopic (exact) mass is 296 g/mol. The van der Waals surface area contributed by atoms with E-state index in [0.717, 1.165) is 25.7 Å². The second-order valence-electron chi connectivity index (χ2n) is 4.50. The van der Waals surface area contributed by atoms with E-state index in [0.29, 0.717) is 28.5 Å². The van der Waals surface area contributed by atoms with E-state index in [9.17, 15) is 4.79 Å². The zero-order valence-corrected chi connectivity index (χ0v) is 12.8. The van der Waals surface area contributed by atoms with Gasteiger partial charge in [0.1, 0.15) is 0 Å². The van der Waals surface area contributed by atoms with Gasteiger partial charge in [0.15, 0.2) is 17.3 Å². The van der Waals surface area contributed by atoms with E-state index < -0.39 is 0 Å². The minimum atomic E-state index is 0.0754. The standard InChI is InChI=1S/C16H21ClO3/c1-4-5-6-7-8-9-14(18)12-10-13(17)16(20-3)15(11-12)19-2/h4,10-11H,1,5-9H2,2-3H3. The van der Waals surface area contributed by atoms with Crippen molar-refractivity contribution in [3.05, 3.63) is 35.4 Å². The summed E-state index contributed by atoms with van der Waals surface area (Å²) in [5.41, 5.74) is 0.566. The number of halogens is 1. The average molecular weight is 297 g/mol. The van der Waals surface area contributed by atoms with Crippen LogP contribution in [0.25, 0.3) is 0 Å². The van der Waals surface area contributed by atoms with E-state index in [1.165, 1.54) is 14.2 Å². The summed E-state index contributed by atoms with van der Waals surface area (Å²) in [4.78, 5) is 12.1. The highest BCUT2D eigenvalue weighted by Crippen LogP contribution is 2.36. The molecule has 0 amide bonds. The molecule has 0 N–H and O–H groups in total. The average Bonchev–Trinajstić information content (AvgIpc) is 2.45. The van der Waals surface area contributed by atoms with Crippen LogP contribution in [0.15, 0.2) is 24.8 Å². The van der Waals surface area contributed by atoms with Crippen molar-refractivity contribution >= 4 is 17.4 Å². The van der Waals surface area contributed by atoms with Gasteiger partial charge in [-0.05, 0) is 31.4 Å². The van der Waals surface area contributed by atoms with E-state index in [2.05, 4.69) is 6.58 Å². The minimum Gasteiger partial charge on any atom is -0.493 e. The van der Waals surface area contributed by atoms with Crippen molar-refractivity contribution in [1.82, 2.24) is 0 Å². The molecule has 0 saturated heterocycles. The summed E-state index contributed by atoms with van der Waals surface area (Å²) in [7, 11) is 3.04. The lowest BCUT2D eigenvalue weighted by atomic mass is 10.0. The van der Waals surface area contributed by atoms with Gasteiger partial charge in [0.05, 0.1) is 19.2 Å². The third kappa shape index (κ3) is 4.57. The molecule has 20 heavy (non-hydrogen) atoms. The number of ketones is 1. The smallest absolute Gasteiger partial charge is 0.179 e. The lowest BCUT2D eigenvalue weighted by molar-refractivity contribution is 0.0979. The molecule has 0 heterocycles. The van der Waals surface area contributed by atoms with Crippen molar-refractivity contribution in [2.45, 2.75) is 32.1 Å². The quantitative estimate of drug-likeness (QED) is 0.377. The first-order valence-corrected chi connectivity index (χ1v) is 7.07. The van der Waals surface area contributed by atoms with E-state index in [1.807, 2.05) is 6.08 Å². The molecule has 3 nitrogen and oxygen atoms in total. The Morgan fingerprint density at radius 3 is 2.60 bits per heavy atom. The molecular formula is C16H21ClO3. The van der Waals surface area contributed by atoms with Crippen molar-refractivity contribution in [1.29, 1.82) is 0 Å². The molecule has 0 radical (unpaired) electrons. The normalized spacial score (nSPS) is 10.2. The molecule has 0 unspecified atom stereocenters. The maximum atomic E-state index is 12.1. The minimum absolute atomic E-state index is 0.0754. The van der Waals surface area contributed by atoms with Crippen LogP contribution in [-0.2, 0) is 0 Å². The number of hydrogen-bond acceptors (Lipinski definition) is 3. The number of unbranched alkanes of at least 4 members (excludes halogenated alkanes) is 3. The van der Waals surface area contributed by atoms with Crippen LogP contribution in [0.4, 0.5) is 0 Å². The van der Waals surface area contributed by atoms with Crippen LogP contribution in [0.1, 0.15) is 42.5 Å². The summed E-state index contributed by atoms with van der Waals surface area (Å²) < 4.78 is 10.3. The fourth-order valence-electron chi connectivity index (χ4n) is 1.97. The number of methoxy groups -OCH3 is 2. The molecule has 0 aliphatic heterocycles. The zero-order valence-electron chi connectivity index (χ0n) is 12.1. The fraction of sp³-hybridized carbons (Fsp3) is 0.438. The molecule has 0 aromatic heterocycles. The fourth-order valence-corrected chi connectivity index (χ4v) is 2.26. The van der Waals surface area contributed by atoms with Crippen LogP contribution in [0, 0.1) is 0 Å². The second kappa shape index (κ2) is 8.64. The van der Waals surface area contributed by atoms with E-state index >= 15 is 0 Å². The lowest BCUT2D eigenvalue weighted by Crippen LogP contribution is -2.01. The molecule has 0 spiro atoms. The Kier molecular flexibility index (Phi) is 7.16. The van der Waals surface area contributed by atoms with Crippen LogP contribution in [0.5, 0.6) is 11.5 Å². The Balaban J connectivity index is 2.68. The van der Waals surface area contributed by atoms with Gasteiger partial charge < -0.3 is 9.47 Å². The number of ether oxygens (including phenoxy) is 2. The largest absolute Gasteiger partial charge is 0.493 e. The van der Waals surface area contributed by atoms with Crippen molar-refractivity contribution in [2.75, 3.05) is 14.2 Å². The van der Waals surface area contributed by atoms with E-state index in [4.69, 9.17) is 21.1 Å². The Morgan fingerprint density at radius 1 is 1.25 bits per heavy atom. The molecule has 0 aliphatic carbocycles. The van der Waals surface area contributed by atoms with Crippen molar-refractivity contribution in [3.63, 3.8) is 0 Å². The molecule has 0 bridgehead atoms. The number of Topliss-reactive ketones (excluding diaryl/α,β-unsaturated/α-hetero) is 1. The highest BCUT2D eigenvalue weighted by Gasteiger charge is 2.14. The van der Waals surface area contributed by atoms with Gasteiger partial charge in [-0.25, -0.2) is 0 Å². The number of carbonyl (C=O) groups excluding carboxylic acids is 1. The summed E-state index contributed by atoms with van der Waals surface area (Å²) in [6.07, 6.45) is 6.39. The first-order chi connectivity index (χ1) is 9.63. The van der Waals surface area contributed by atoms with E-state index in [-0.39, 0.29) is 5.78 Å². The van der Waals surface area contributed by atoms with Gasteiger partial charge >= 0.3 is 0 Å². The summed E-state index contributed by atoms with van der Waals surface area (Å²) in [5.74, 6) is 1.01. The molecule has 0 atom stereocenters. The van der Waals surface area contributed by atoms with Gasteiger partial charge in [0.2, 0.25) is 0 Å². The van der Waals surface area contributed by atoms with Gasteiger partial charge in [0, 0.05) is 12.0 Å². The molecule has 4 heteroatoms. The first kappa shape index (κ1) is 16.6. The number of hydrogen-bond donors (Lipinski definition) is 0. The SMILES string of the molecule is C=CCCCCCC(=O)c1cc(Cl)c(OC)c(OC)c1. The Labute approximate surface area is 125 Å². The summed E-state index contributed by atoms with van der Waals surface area (Å²) >= 11 is 6.09. The maximum Gasteiger partial charge on any atom is 0.179 e. The van der Waals surface area contributed by atoms with Crippen molar-refractivity contribution in [3.8, 4) is 11.5 Å². The van der Waals surface area contributed by atoms with E-state index in [1.54, 1.807) is 12.1 Å². The Hall–Kier alpha value is -1.48. The molecule has 1 rings (SSSR count). The van der Waals surface area contributed by atoms with Gasteiger partial charge in [-0.1, -0.05) is 24.1 Å². The van der Waals surface area contributed by atoms with Crippen molar-refractivity contribution in [2.24, 2.45) is 0 Å². The number of allylic oxidation sites excluding steroid dienone is 1. The maximum absolute atomic E-state index is 12.1. The first-order valence-electron chi connectivity index (χ1n) is 6.69. The molecule has 110 valence electrons. The Morgan fingerprint density at radius 2 is 2.00 bits per heavy atom. The third-order valence-corrected chi connectivity index (χ3v) is 3.35. The van der Waals surface area contributed by atoms with Crippen LogP contribution in [0.2, 0.25) is 5.02 Å². The number of rotatable bonds is 9. The van der Waals surface area contributed by atoms with Gasteiger partial charge in [-0.2, -0.15) is 0 Å². The predicted molar refractivity (Wildman–Crippen MR) is 82.2 cm³/mol. The van der Waals surface area contributed by atoms with Gasteiger partial charge in [-0.3, -0.25) is 4.79 Å². The summed E-state index contributed by atoms with van der Waals surface area (Å²) in [6, 6.07) is 3.31. The van der Waals surface area contributed by atoms with Gasteiger partial charge in [-0.15, -0.1) is 6.58 Å². The molecule has 1 aromatic carbocycles. The zero-order chi connectivity index (χ0) is 15.0. The Bertz CT molecular complexity index is 469. The topological polar surface area (TPSA) is 35.5 Å². The van der Waals surface area contributed by atoms with Crippen LogP contribution < -0.4 is 9.47 Å². The van der Waals surface area contributed by atoms with Gasteiger partial charge in [0.25, 0.3) is 0 Å². The second-order valence-corrected chi connectivity index (χ2v) is 4.91. The molecule has 0 aliphatic rings. The molecule has 0 fully saturated rings. The van der Waals surface area contributed by atoms with Crippen LogP contribution in [-0.4, -0.2) is 20.0 Å². The number of carbonyl (C=O) groups is 1. The molecule has 0 saturated carbocycles. The van der Waals surface area contributed by atoms with Crippen molar-refractivity contribution < 1.29 is 14.3 Å². The number of benzene rings is 1. The summed E-state index contributed by atoms with van der Waals surface area (Å²) in [6.45, 7) is 3.68. The summed E-state index contributed by atoms with van der Waals surface area (Å²) in [5, 5.41) is 0.391. The predicted octanol–water partition coefficient (Wildman–Crippen LogP) is 4.68. The molecular weight excluding hydrogens is 276 g/mol. The van der Waals surface area contributed by atoms with Crippen LogP contribution >= 0.6 is 11.6 Å². The lowest BCUT2D eigenvalue weighted by Gasteiger charge is -2.11. The highest BCUT2D eigenvalue weighted by molar-refractivity contribution is 6.32. The highest BCUT2D eigenvalue weighted by atomic mass is 35.5. The molecule has 1 aromatic rings. The van der Waals surface area contributed by atoms with Crippen LogP contribution in [0.3, 0.4) is 0 Å². The third-order valence-electron chi connectivity index (χ3n) is 3.07.